The van der Waals surface area contributed by atoms with Crippen LogP contribution in [0.15, 0.2) is 42.5 Å². The third kappa shape index (κ3) is 11.5. The SMILES string of the molecule is CCOC(=O)/C=C/C(=O)N(CC(N)=O)NC(=O)[C@@H](NC(=O)[C@@H](C)NC(=O)OCc1ccccc1)[C@@H](C)CC. The fourth-order valence-electron chi connectivity index (χ4n) is 2.94. The summed E-state index contributed by atoms with van der Waals surface area (Å²) in [6.45, 7) is 5.88. The molecule has 0 aliphatic rings. The maximum atomic E-state index is 13.0. The van der Waals surface area contributed by atoms with Crippen LogP contribution < -0.4 is 21.8 Å². The number of alkyl carbamates (subject to hydrolysis) is 1. The number of hydrogen-bond donors (Lipinski definition) is 4. The van der Waals surface area contributed by atoms with Crippen LogP contribution in [0.25, 0.3) is 0 Å². The molecule has 0 fully saturated rings. The van der Waals surface area contributed by atoms with Gasteiger partial charge in [-0.2, -0.15) is 0 Å². The molecule has 0 unspecified atom stereocenters. The summed E-state index contributed by atoms with van der Waals surface area (Å²) in [5, 5.41) is 5.55. The molecule has 5 amide bonds. The number of benzene rings is 1. The molecule has 208 valence electrons. The molecule has 38 heavy (non-hydrogen) atoms. The first kappa shape index (κ1) is 31.6. The Hall–Kier alpha value is -4.42. The monoisotopic (exact) mass is 533 g/mol. The highest BCUT2D eigenvalue weighted by molar-refractivity contribution is 5.98. The number of nitrogens with one attached hydrogen (secondary N) is 3. The van der Waals surface area contributed by atoms with E-state index in [2.05, 4.69) is 20.8 Å². The van der Waals surface area contributed by atoms with Crippen LogP contribution in [0.5, 0.6) is 0 Å². The third-order valence-corrected chi connectivity index (χ3v) is 5.21. The lowest BCUT2D eigenvalue weighted by Crippen LogP contribution is -2.59. The molecule has 0 aromatic heterocycles. The Balaban J connectivity index is 2.84. The van der Waals surface area contributed by atoms with Gasteiger partial charge in [0.25, 0.3) is 11.8 Å². The summed E-state index contributed by atoms with van der Waals surface area (Å²) in [5.74, 6) is -4.55. The van der Waals surface area contributed by atoms with Gasteiger partial charge >= 0.3 is 12.1 Å². The van der Waals surface area contributed by atoms with Crippen molar-refractivity contribution in [1.82, 2.24) is 21.1 Å². The molecule has 13 heteroatoms. The van der Waals surface area contributed by atoms with E-state index >= 15 is 0 Å². The van der Waals surface area contributed by atoms with Gasteiger partial charge in [-0.25, -0.2) is 14.6 Å². The number of rotatable bonds is 13. The fraction of sp³-hybridized carbons (Fsp3) is 0.440. The van der Waals surface area contributed by atoms with E-state index in [0.29, 0.717) is 11.4 Å². The van der Waals surface area contributed by atoms with Crippen molar-refractivity contribution in [3.8, 4) is 0 Å². The number of amides is 5. The van der Waals surface area contributed by atoms with Crippen LogP contribution in [0.3, 0.4) is 0 Å². The second-order valence-electron chi connectivity index (χ2n) is 8.25. The lowest BCUT2D eigenvalue weighted by molar-refractivity contribution is -0.143. The van der Waals surface area contributed by atoms with Crippen LogP contribution in [-0.2, 0) is 40.1 Å². The molecule has 0 heterocycles. The van der Waals surface area contributed by atoms with Gasteiger partial charge in [0.2, 0.25) is 11.8 Å². The van der Waals surface area contributed by atoms with E-state index in [9.17, 15) is 28.8 Å². The number of nitrogens with two attached hydrogens (primary N) is 1. The van der Waals surface area contributed by atoms with E-state index < -0.39 is 60.2 Å². The van der Waals surface area contributed by atoms with Gasteiger partial charge in [-0.15, -0.1) is 0 Å². The molecule has 0 spiro atoms. The largest absolute Gasteiger partial charge is 0.463 e. The molecule has 1 rings (SSSR count). The summed E-state index contributed by atoms with van der Waals surface area (Å²) < 4.78 is 9.79. The summed E-state index contributed by atoms with van der Waals surface area (Å²) in [5.41, 5.74) is 8.20. The van der Waals surface area contributed by atoms with Crippen molar-refractivity contribution in [2.24, 2.45) is 11.7 Å². The van der Waals surface area contributed by atoms with Crippen LogP contribution in [0.1, 0.15) is 39.7 Å². The maximum Gasteiger partial charge on any atom is 0.408 e. The topological polar surface area (TPSA) is 186 Å². The van der Waals surface area contributed by atoms with E-state index in [0.717, 1.165) is 17.7 Å². The predicted octanol–water partition coefficient (Wildman–Crippen LogP) is 0.297. The summed E-state index contributed by atoms with van der Waals surface area (Å²) in [6.07, 6.45) is 1.29. The van der Waals surface area contributed by atoms with Crippen molar-refractivity contribution in [3.05, 3.63) is 48.0 Å². The Morgan fingerprint density at radius 3 is 2.18 bits per heavy atom. The molecule has 0 aliphatic heterocycles. The van der Waals surface area contributed by atoms with Crippen molar-refractivity contribution < 1.29 is 38.2 Å². The van der Waals surface area contributed by atoms with Crippen molar-refractivity contribution >= 4 is 35.7 Å². The molecule has 0 radical (unpaired) electrons. The van der Waals surface area contributed by atoms with Gasteiger partial charge in [-0.05, 0) is 25.3 Å². The number of hydrogen-bond acceptors (Lipinski definition) is 8. The maximum absolute atomic E-state index is 13.0. The van der Waals surface area contributed by atoms with Crippen LogP contribution in [0.2, 0.25) is 0 Å². The molecule has 1 aromatic rings. The van der Waals surface area contributed by atoms with E-state index in [-0.39, 0.29) is 13.2 Å². The second kappa shape index (κ2) is 16.3. The van der Waals surface area contributed by atoms with Crippen molar-refractivity contribution in [1.29, 1.82) is 0 Å². The van der Waals surface area contributed by atoms with Crippen LogP contribution in [-0.4, -0.2) is 65.9 Å². The molecule has 13 nitrogen and oxygen atoms in total. The number of esters is 1. The Labute approximate surface area is 221 Å². The van der Waals surface area contributed by atoms with Crippen LogP contribution in [0, 0.1) is 5.92 Å². The highest BCUT2D eigenvalue weighted by atomic mass is 16.5. The average Bonchev–Trinajstić information content (AvgIpc) is 2.88. The summed E-state index contributed by atoms with van der Waals surface area (Å²) in [6, 6.07) is 6.75. The third-order valence-electron chi connectivity index (χ3n) is 5.21. The van der Waals surface area contributed by atoms with Gasteiger partial charge in [0.1, 0.15) is 25.2 Å². The van der Waals surface area contributed by atoms with E-state index in [1.54, 1.807) is 45.0 Å². The predicted molar refractivity (Wildman–Crippen MR) is 135 cm³/mol. The van der Waals surface area contributed by atoms with Crippen LogP contribution >= 0.6 is 0 Å². The second-order valence-corrected chi connectivity index (χ2v) is 8.25. The van der Waals surface area contributed by atoms with Gasteiger partial charge in [-0.3, -0.25) is 24.6 Å². The van der Waals surface area contributed by atoms with Gasteiger partial charge in [0.05, 0.1) is 6.61 Å². The number of carbonyl (C=O) groups is 6. The van der Waals surface area contributed by atoms with Gasteiger partial charge in [0.15, 0.2) is 0 Å². The molecule has 0 aliphatic carbocycles. The number of ether oxygens (including phenoxy) is 2. The zero-order valence-corrected chi connectivity index (χ0v) is 21.9. The molecular weight excluding hydrogens is 498 g/mol. The minimum absolute atomic E-state index is 0.00719. The molecule has 0 saturated heterocycles. The molecule has 1 aromatic carbocycles. The molecule has 3 atom stereocenters. The van der Waals surface area contributed by atoms with E-state index in [1.807, 2.05) is 6.07 Å². The summed E-state index contributed by atoms with van der Waals surface area (Å²) in [7, 11) is 0. The van der Waals surface area contributed by atoms with E-state index in [4.69, 9.17) is 10.5 Å². The Bertz CT molecular complexity index is 1010. The first-order chi connectivity index (χ1) is 18.0. The fourth-order valence-corrected chi connectivity index (χ4v) is 2.94. The van der Waals surface area contributed by atoms with Crippen molar-refractivity contribution in [2.75, 3.05) is 13.2 Å². The standard InChI is InChI=1S/C25H35N5O8/c1-5-16(3)22(24(35)29-30(14-19(26)31)20(32)12-13-21(33)37-6-2)28-23(34)17(4)27-25(36)38-15-18-10-8-7-9-11-18/h7-13,16-17,22H,5-6,14-15H2,1-4H3,(H2,26,31)(H,27,36)(H,28,34)(H,29,35)/b13-12+/t16-,17+,22-/m0/s1. The number of carbonyl (C=O) groups excluding carboxylic acids is 6. The summed E-state index contributed by atoms with van der Waals surface area (Å²) >= 11 is 0. The first-order valence-corrected chi connectivity index (χ1v) is 12.0. The number of hydrazine groups is 1. The zero-order chi connectivity index (χ0) is 28.7. The minimum atomic E-state index is -1.14. The van der Waals surface area contributed by atoms with Crippen LogP contribution in [0.4, 0.5) is 4.79 Å². The molecule has 0 bridgehead atoms. The zero-order valence-electron chi connectivity index (χ0n) is 21.9. The molecule has 0 saturated carbocycles. The van der Waals surface area contributed by atoms with Gasteiger partial charge in [0, 0.05) is 12.2 Å². The smallest absolute Gasteiger partial charge is 0.408 e. The van der Waals surface area contributed by atoms with Gasteiger partial charge < -0.3 is 25.8 Å². The minimum Gasteiger partial charge on any atom is -0.463 e. The lowest BCUT2D eigenvalue weighted by Gasteiger charge is -2.28. The highest BCUT2D eigenvalue weighted by Gasteiger charge is 2.30. The Morgan fingerprint density at radius 2 is 1.61 bits per heavy atom. The van der Waals surface area contributed by atoms with E-state index in [1.165, 1.54) is 6.92 Å². The molecular formula is C25H35N5O8. The summed E-state index contributed by atoms with van der Waals surface area (Å²) in [4.78, 5) is 73.3. The quantitative estimate of drug-likeness (QED) is 0.158. The Morgan fingerprint density at radius 1 is 0.947 bits per heavy atom. The van der Waals surface area contributed by atoms with Gasteiger partial charge in [-0.1, -0.05) is 50.6 Å². The van der Waals surface area contributed by atoms with Crippen molar-refractivity contribution in [3.63, 3.8) is 0 Å². The number of nitrogens with zero attached hydrogens (tertiary/aromatic N) is 1. The normalized spacial score (nSPS) is 12.9. The highest BCUT2D eigenvalue weighted by Crippen LogP contribution is 2.09. The Kier molecular flexibility index (Phi) is 13.6. The molecule has 5 N–H and O–H groups in total. The number of primary amides is 1. The first-order valence-electron chi connectivity index (χ1n) is 12.0. The van der Waals surface area contributed by atoms with Crippen molar-refractivity contribution in [2.45, 2.75) is 52.8 Å². The lowest BCUT2D eigenvalue weighted by atomic mass is 9.98. The average molecular weight is 534 g/mol.